The maximum absolute atomic E-state index is 10.8. The Kier molecular flexibility index (Phi) is 6.28. The summed E-state index contributed by atoms with van der Waals surface area (Å²) in [4.78, 5) is 0. The van der Waals surface area contributed by atoms with Crippen LogP contribution in [-0.4, -0.2) is 20.7 Å². The van der Waals surface area contributed by atoms with Gasteiger partial charge in [-0.2, -0.15) is 0 Å². The van der Waals surface area contributed by atoms with Crippen LogP contribution >= 0.6 is 15.9 Å². The number of hydrogen-bond acceptors (Lipinski definition) is 3. The van der Waals surface area contributed by atoms with Crippen LogP contribution in [0.15, 0.2) is 28.7 Å². The highest BCUT2D eigenvalue weighted by Crippen LogP contribution is 2.20. The minimum absolute atomic E-state index is 0.0227. The van der Waals surface area contributed by atoms with E-state index in [1.807, 2.05) is 12.1 Å². The maximum atomic E-state index is 10.8. The summed E-state index contributed by atoms with van der Waals surface area (Å²) in [6.07, 6.45) is 1.48. The second-order valence-electron chi connectivity index (χ2n) is 4.19. The monoisotopic (exact) mass is 334 g/mol. The van der Waals surface area contributed by atoms with Crippen molar-refractivity contribution in [1.82, 2.24) is 5.32 Å². The molecule has 1 aromatic carbocycles. The molecule has 0 amide bonds. The topological polar surface area (TPSA) is 72.2 Å². The molecule has 0 fully saturated rings. The van der Waals surface area contributed by atoms with E-state index in [1.54, 1.807) is 0 Å². The van der Waals surface area contributed by atoms with Gasteiger partial charge in [-0.1, -0.05) is 35.0 Å². The third-order valence-corrected chi connectivity index (χ3v) is 4.01. The zero-order valence-corrected chi connectivity index (χ0v) is 12.8. The van der Waals surface area contributed by atoms with E-state index in [9.17, 15) is 8.42 Å². The molecule has 0 aromatic heterocycles. The predicted octanol–water partition coefficient (Wildman–Crippen LogP) is 2.17. The van der Waals surface area contributed by atoms with Gasteiger partial charge in [0.2, 0.25) is 10.0 Å². The molecule has 0 bridgehead atoms. The number of sulfonamides is 1. The van der Waals surface area contributed by atoms with E-state index in [2.05, 4.69) is 40.3 Å². The lowest BCUT2D eigenvalue weighted by Gasteiger charge is -2.17. The molecule has 0 saturated carbocycles. The normalized spacial score (nSPS) is 13.5. The second kappa shape index (κ2) is 7.23. The first-order valence-corrected chi connectivity index (χ1v) is 8.42. The first kappa shape index (κ1) is 15.6. The standard InChI is InChI=1S/C12H19BrN2O2S/c1-2-12(10-5-3-6-11(13)9-10)15-7-4-8-18(14,16)17/h3,5-6,9,12,15H,2,4,7-8H2,1H3,(H2,14,16,17). The number of benzene rings is 1. The molecule has 18 heavy (non-hydrogen) atoms. The molecular weight excluding hydrogens is 316 g/mol. The molecule has 4 nitrogen and oxygen atoms in total. The quantitative estimate of drug-likeness (QED) is 0.750. The van der Waals surface area contributed by atoms with Crippen LogP contribution in [-0.2, 0) is 10.0 Å². The second-order valence-corrected chi connectivity index (χ2v) is 6.84. The van der Waals surface area contributed by atoms with Crippen LogP contribution in [0.4, 0.5) is 0 Å². The van der Waals surface area contributed by atoms with Gasteiger partial charge in [-0.15, -0.1) is 0 Å². The summed E-state index contributed by atoms with van der Waals surface area (Å²) in [5.74, 6) is 0.0227. The fourth-order valence-corrected chi connectivity index (χ4v) is 2.73. The van der Waals surface area contributed by atoms with Crippen LogP contribution in [0.5, 0.6) is 0 Å². The van der Waals surface area contributed by atoms with Crippen LogP contribution in [0.2, 0.25) is 0 Å². The Morgan fingerprint density at radius 3 is 2.72 bits per heavy atom. The van der Waals surface area contributed by atoms with Crippen LogP contribution in [0.25, 0.3) is 0 Å². The molecule has 1 unspecified atom stereocenters. The third kappa shape index (κ3) is 5.95. The van der Waals surface area contributed by atoms with Gasteiger partial charge in [0.15, 0.2) is 0 Å². The molecular formula is C12H19BrN2O2S. The molecule has 0 aliphatic carbocycles. The molecule has 0 saturated heterocycles. The van der Waals surface area contributed by atoms with Crippen LogP contribution in [0, 0.1) is 0 Å². The highest BCUT2D eigenvalue weighted by Gasteiger charge is 2.09. The highest BCUT2D eigenvalue weighted by molar-refractivity contribution is 9.10. The first-order valence-electron chi connectivity index (χ1n) is 5.91. The van der Waals surface area contributed by atoms with Crippen LogP contribution in [0.1, 0.15) is 31.4 Å². The van der Waals surface area contributed by atoms with Gasteiger partial charge in [0.1, 0.15) is 0 Å². The third-order valence-electron chi connectivity index (χ3n) is 2.66. The Labute approximate surface area is 117 Å². The summed E-state index contributed by atoms with van der Waals surface area (Å²) >= 11 is 3.44. The lowest BCUT2D eigenvalue weighted by atomic mass is 10.0. The number of rotatable bonds is 7. The van der Waals surface area contributed by atoms with Gasteiger partial charge in [-0.3, -0.25) is 0 Å². The number of primary sulfonamides is 1. The van der Waals surface area contributed by atoms with Gasteiger partial charge in [0, 0.05) is 10.5 Å². The molecule has 0 aliphatic heterocycles. The van der Waals surface area contributed by atoms with Crippen molar-refractivity contribution in [2.75, 3.05) is 12.3 Å². The zero-order chi connectivity index (χ0) is 13.6. The summed E-state index contributed by atoms with van der Waals surface area (Å²) in [5, 5.41) is 8.30. The Morgan fingerprint density at radius 2 is 2.17 bits per heavy atom. The Balaban J connectivity index is 2.48. The smallest absolute Gasteiger partial charge is 0.209 e. The van der Waals surface area contributed by atoms with Crippen molar-refractivity contribution in [1.29, 1.82) is 0 Å². The summed E-state index contributed by atoms with van der Waals surface area (Å²) in [7, 11) is -3.35. The molecule has 6 heteroatoms. The number of halogens is 1. The maximum Gasteiger partial charge on any atom is 0.209 e. The SMILES string of the molecule is CCC(NCCCS(N)(=O)=O)c1cccc(Br)c1. The lowest BCUT2D eigenvalue weighted by molar-refractivity contribution is 0.516. The van der Waals surface area contributed by atoms with E-state index < -0.39 is 10.0 Å². The van der Waals surface area contributed by atoms with Crippen molar-refractivity contribution in [3.8, 4) is 0 Å². The van der Waals surface area contributed by atoms with E-state index in [0.717, 1.165) is 10.9 Å². The lowest BCUT2D eigenvalue weighted by Crippen LogP contribution is -2.25. The molecule has 102 valence electrons. The summed E-state index contributed by atoms with van der Waals surface area (Å²) in [6, 6.07) is 8.35. The van der Waals surface area contributed by atoms with Gasteiger partial charge in [0.05, 0.1) is 5.75 Å². The molecule has 0 spiro atoms. The summed E-state index contributed by atoms with van der Waals surface area (Å²) < 4.78 is 22.7. The average molecular weight is 335 g/mol. The van der Waals surface area contributed by atoms with Gasteiger partial charge in [-0.25, -0.2) is 13.6 Å². The van der Waals surface area contributed by atoms with Crippen molar-refractivity contribution < 1.29 is 8.42 Å². The van der Waals surface area contributed by atoms with E-state index in [1.165, 1.54) is 5.56 Å². The van der Waals surface area contributed by atoms with E-state index in [0.29, 0.717) is 13.0 Å². The van der Waals surface area contributed by atoms with Gasteiger partial charge >= 0.3 is 0 Å². The molecule has 1 rings (SSSR count). The molecule has 0 aliphatic rings. The van der Waals surface area contributed by atoms with Crippen LogP contribution < -0.4 is 10.5 Å². The fraction of sp³-hybridized carbons (Fsp3) is 0.500. The van der Waals surface area contributed by atoms with Crippen molar-refractivity contribution in [2.24, 2.45) is 5.14 Å². The minimum Gasteiger partial charge on any atom is -0.310 e. The Hall–Kier alpha value is -0.430. The van der Waals surface area contributed by atoms with Gasteiger partial charge < -0.3 is 5.32 Å². The van der Waals surface area contributed by atoms with Crippen LogP contribution in [0.3, 0.4) is 0 Å². The van der Waals surface area contributed by atoms with Crippen molar-refractivity contribution in [3.63, 3.8) is 0 Å². The number of nitrogens with one attached hydrogen (secondary N) is 1. The van der Waals surface area contributed by atoms with E-state index >= 15 is 0 Å². The highest BCUT2D eigenvalue weighted by atomic mass is 79.9. The van der Waals surface area contributed by atoms with E-state index in [-0.39, 0.29) is 11.8 Å². The molecule has 0 radical (unpaired) electrons. The molecule has 1 atom stereocenters. The largest absolute Gasteiger partial charge is 0.310 e. The number of nitrogens with two attached hydrogens (primary N) is 1. The Bertz CT molecular complexity index is 477. The van der Waals surface area contributed by atoms with Gasteiger partial charge in [-0.05, 0) is 37.1 Å². The summed E-state index contributed by atoms with van der Waals surface area (Å²) in [5.41, 5.74) is 1.20. The number of hydrogen-bond donors (Lipinski definition) is 2. The van der Waals surface area contributed by atoms with Gasteiger partial charge in [0.25, 0.3) is 0 Å². The fourth-order valence-electron chi connectivity index (χ4n) is 1.77. The first-order chi connectivity index (χ1) is 8.42. The predicted molar refractivity (Wildman–Crippen MR) is 77.8 cm³/mol. The zero-order valence-electron chi connectivity index (χ0n) is 10.4. The van der Waals surface area contributed by atoms with Crippen molar-refractivity contribution in [3.05, 3.63) is 34.3 Å². The van der Waals surface area contributed by atoms with Crippen molar-refractivity contribution >= 4 is 26.0 Å². The molecule has 1 aromatic rings. The minimum atomic E-state index is -3.35. The van der Waals surface area contributed by atoms with E-state index in [4.69, 9.17) is 5.14 Å². The average Bonchev–Trinajstić information content (AvgIpc) is 2.27. The molecule has 0 heterocycles. The molecule has 3 N–H and O–H groups in total. The summed E-state index contributed by atoms with van der Waals surface area (Å²) in [6.45, 7) is 2.74. The Morgan fingerprint density at radius 1 is 1.44 bits per heavy atom. The van der Waals surface area contributed by atoms with Crippen molar-refractivity contribution in [2.45, 2.75) is 25.8 Å².